The third kappa shape index (κ3) is 4.74. The van der Waals surface area contributed by atoms with Crippen molar-refractivity contribution in [3.63, 3.8) is 0 Å². The van der Waals surface area contributed by atoms with E-state index >= 15 is 0 Å². The monoisotopic (exact) mass is 361 g/mol. The molecule has 0 amide bonds. The van der Waals surface area contributed by atoms with Gasteiger partial charge >= 0.3 is 11.9 Å². The molecule has 0 aliphatic carbocycles. The summed E-state index contributed by atoms with van der Waals surface area (Å²) in [6, 6.07) is 9.01. The van der Waals surface area contributed by atoms with Crippen molar-refractivity contribution < 1.29 is 41.3 Å². The minimum atomic E-state index is -0.877. The van der Waals surface area contributed by atoms with Crippen LogP contribution in [0.5, 0.6) is 0 Å². The summed E-state index contributed by atoms with van der Waals surface area (Å²) in [5.41, 5.74) is 0.466. The van der Waals surface area contributed by atoms with Crippen LogP contribution in [0.4, 0.5) is 0 Å². The largest absolute Gasteiger partial charge is 0.481 e. The Labute approximate surface area is 145 Å². The first-order valence-electron chi connectivity index (χ1n) is 7.28. The van der Waals surface area contributed by atoms with Crippen LogP contribution in [-0.4, -0.2) is 69.1 Å². The van der Waals surface area contributed by atoms with Crippen LogP contribution in [0.3, 0.4) is 0 Å². The van der Waals surface area contributed by atoms with Crippen LogP contribution in [0.1, 0.15) is 29.6 Å². The molecule has 1 aromatic rings. The number of piperidine rings is 1. The summed E-state index contributed by atoms with van der Waals surface area (Å²) < 4.78 is 5.53. The normalized spacial score (nSPS) is 26.8. The maximum absolute atomic E-state index is 12.2. The molecule has 0 spiro atoms. The predicted molar refractivity (Wildman–Crippen MR) is 90.4 cm³/mol. The number of aliphatic carboxylic acids is 1. The van der Waals surface area contributed by atoms with E-state index in [1.807, 2.05) is 13.1 Å². The van der Waals surface area contributed by atoms with E-state index < -0.39 is 24.0 Å². The smallest absolute Gasteiger partial charge is 0.338 e. The summed E-state index contributed by atoms with van der Waals surface area (Å²) in [6.07, 6.45) is 1.90. The van der Waals surface area contributed by atoms with Crippen molar-refractivity contribution in [2.24, 2.45) is 5.92 Å². The van der Waals surface area contributed by atoms with Gasteiger partial charge in [0.15, 0.2) is 0 Å². The Kier molecular flexibility index (Phi) is 10.1. The number of carboxylic acids is 1. The Hall–Kier alpha value is -2.04. The van der Waals surface area contributed by atoms with Gasteiger partial charge in [0.05, 0.1) is 5.56 Å². The molecule has 9 N–H and O–H groups in total. The Morgan fingerprint density at radius 1 is 1.08 bits per heavy atom. The van der Waals surface area contributed by atoms with Crippen LogP contribution in [0.15, 0.2) is 30.3 Å². The second-order valence-electron chi connectivity index (χ2n) is 5.87. The van der Waals surface area contributed by atoms with Crippen LogP contribution in [0.2, 0.25) is 0 Å². The van der Waals surface area contributed by atoms with Gasteiger partial charge < -0.3 is 31.7 Å². The lowest BCUT2D eigenvalue weighted by atomic mass is 9.87. The zero-order chi connectivity index (χ0) is 15.0. The lowest BCUT2D eigenvalue weighted by molar-refractivity contribution is -0.152. The van der Waals surface area contributed by atoms with E-state index in [1.165, 1.54) is 0 Å². The third-order valence-electron chi connectivity index (χ3n) is 4.77. The van der Waals surface area contributed by atoms with Gasteiger partial charge in [0.25, 0.3) is 0 Å². The van der Waals surface area contributed by atoms with Crippen molar-refractivity contribution in [1.82, 2.24) is 4.90 Å². The number of hydrogen-bond acceptors (Lipinski definition) is 4. The first-order valence-corrected chi connectivity index (χ1v) is 7.28. The van der Waals surface area contributed by atoms with Crippen LogP contribution in [0.25, 0.3) is 0 Å². The number of rotatable bonds is 3. The van der Waals surface area contributed by atoms with E-state index in [9.17, 15) is 14.7 Å². The van der Waals surface area contributed by atoms with Gasteiger partial charge in [-0.2, -0.15) is 0 Å². The Balaban J connectivity index is 0. The quantitative estimate of drug-likeness (QED) is 0.637. The second kappa shape index (κ2) is 10.1. The lowest BCUT2D eigenvalue weighted by Crippen LogP contribution is -2.53. The number of hydrogen-bond donors (Lipinski definition) is 1. The molecule has 2 saturated heterocycles. The lowest BCUT2D eigenvalue weighted by Gasteiger charge is -2.40. The molecule has 2 aliphatic heterocycles. The van der Waals surface area contributed by atoms with Crippen LogP contribution < -0.4 is 0 Å². The van der Waals surface area contributed by atoms with Crippen LogP contribution in [0, 0.1) is 5.92 Å². The third-order valence-corrected chi connectivity index (χ3v) is 4.77. The molecule has 2 heterocycles. The molecule has 2 bridgehead atoms. The summed E-state index contributed by atoms with van der Waals surface area (Å²) in [7, 11) is 1.97. The van der Waals surface area contributed by atoms with Gasteiger partial charge in [-0.05, 0) is 32.0 Å². The fourth-order valence-corrected chi connectivity index (χ4v) is 3.65. The highest BCUT2D eigenvalue weighted by Crippen LogP contribution is 2.39. The Morgan fingerprint density at radius 3 is 2.24 bits per heavy atom. The van der Waals surface area contributed by atoms with Crippen molar-refractivity contribution in [2.75, 3.05) is 7.05 Å². The standard InChI is InChI=1S/C16H19NO4.4H2O/c1-17-11-7-8-12(17)14(15(18)19)13(9-11)21-16(20)10-5-3-2-4-6-10;;;;/h2-6,11-14H,7-9H2,1H3,(H,18,19);4*1H2/t11-,12+,13-,14+;;;;/m0..../s1. The van der Waals surface area contributed by atoms with Gasteiger partial charge in [-0.15, -0.1) is 0 Å². The molecule has 9 nitrogen and oxygen atoms in total. The Morgan fingerprint density at radius 2 is 1.68 bits per heavy atom. The summed E-state index contributed by atoms with van der Waals surface area (Å²) in [5, 5.41) is 9.51. The summed E-state index contributed by atoms with van der Waals surface area (Å²) >= 11 is 0. The van der Waals surface area contributed by atoms with Gasteiger partial charge in [-0.3, -0.25) is 9.69 Å². The molecule has 25 heavy (non-hydrogen) atoms. The van der Waals surface area contributed by atoms with E-state index in [-0.39, 0.29) is 27.9 Å². The molecule has 0 radical (unpaired) electrons. The number of nitrogens with zero attached hydrogens (tertiary/aromatic N) is 1. The molecule has 144 valence electrons. The number of fused-ring (bicyclic) bond motifs is 2. The highest BCUT2D eigenvalue weighted by molar-refractivity contribution is 5.89. The molecular formula is C16H27NO8. The van der Waals surface area contributed by atoms with Gasteiger partial charge in [0.1, 0.15) is 12.0 Å². The number of carbonyl (C=O) groups is 2. The first-order chi connectivity index (χ1) is 10.1. The molecule has 1 aromatic carbocycles. The van der Waals surface area contributed by atoms with E-state index in [1.54, 1.807) is 24.3 Å². The molecule has 2 aliphatic rings. The number of ether oxygens (including phenoxy) is 1. The maximum Gasteiger partial charge on any atom is 0.338 e. The van der Waals surface area contributed by atoms with Crippen molar-refractivity contribution >= 4 is 11.9 Å². The van der Waals surface area contributed by atoms with Gasteiger partial charge in [0, 0.05) is 18.5 Å². The van der Waals surface area contributed by atoms with E-state index in [4.69, 9.17) is 4.74 Å². The molecule has 4 atom stereocenters. The molecular weight excluding hydrogens is 334 g/mol. The zero-order valence-electron chi connectivity index (χ0n) is 13.9. The van der Waals surface area contributed by atoms with Gasteiger partial charge in [-0.1, -0.05) is 18.2 Å². The maximum atomic E-state index is 12.2. The number of benzene rings is 1. The molecule has 9 heteroatoms. The SMILES string of the molecule is CN1[C@H]2CC[C@@H]1[C@@H](C(=O)O)[C@@H](OC(=O)c1ccccc1)C2.O.O.O.O. The minimum absolute atomic E-state index is 0. The molecule has 3 rings (SSSR count). The fourth-order valence-electron chi connectivity index (χ4n) is 3.65. The summed E-state index contributed by atoms with van der Waals surface area (Å²) in [5.74, 6) is -1.95. The topological polar surface area (TPSA) is 193 Å². The van der Waals surface area contributed by atoms with Crippen molar-refractivity contribution in [3.8, 4) is 0 Å². The number of esters is 1. The predicted octanol–water partition coefficient (Wildman–Crippen LogP) is -1.52. The fraction of sp³-hybridized carbons (Fsp3) is 0.500. The van der Waals surface area contributed by atoms with E-state index in [2.05, 4.69) is 4.90 Å². The van der Waals surface area contributed by atoms with Gasteiger partial charge in [0.2, 0.25) is 0 Å². The molecule has 0 aromatic heterocycles. The van der Waals surface area contributed by atoms with Crippen molar-refractivity contribution in [3.05, 3.63) is 35.9 Å². The first kappa shape index (κ1) is 25.2. The second-order valence-corrected chi connectivity index (χ2v) is 5.87. The zero-order valence-corrected chi connectivity index (χ0v) is 13.9. The average molecular weight is 361 g/mol. The van der Waals surface area contributed by atoms with Crippen LogP contribution >= 0.6 is 0 Å². The number of carbonyl (C=O) groups excluding carboxylic acids is 1. The summed E-state index contributed by atoms with van der Waals surface area (Å²) in [6.45, 7) is 0. The van der Waals surface area contributed by atoms with E-state index in [0.29, 0.717) is 18.0 Å². The molecule has 2 fully saturated rings. The van der Waals surface area contributed by atoms with Crippen molar-refractivity contribution in [1.29, 1.82) is 0 Å². The number of carboxylic acid groups (broad SMARTS) is 1. The molecule has 0 unspecified atom stereocenters. The minimum Gasteiger partial charge on any atom is -0.481 e. The van der Waals surface area contributed by atoms with E-state index in [0.717, 1.165) is 12.8 Å². The molecule has 0 saturated carbocycles. The van der Waals surface area contributed by atoms with Gasteiger partial charge in [-0.25, -0.2) is 4.79 Å². The average Bonchev–Trinajstić information content (AvgIpc) is 2.72. The highest BCUT2D eigenvalue weighted by Gasteiger charge is 2.50. The highest BCUT2D eigenvalue weighted by atomic mass is 16.5. The Bertz CT molecular complexity index is 552. The van der Waals surface area contributed by atoms with Crippen molar-refractivity contribution in [2.45, 2.75) is 37.5 Å². The van der Waals surface area contributed by atoms with Crippen LogP contribution in [-0.2, 0) is 9.53 Å². The summed E-state index contributed by atoms with van der Waals surface area (Å²) in [4.78, 5) is 25.9.